The molecule has 3 atom stereocenters. The molecule has 4 rings (SSSR count). The van der Waals surface area contributed by atoms with Crippen molar-refractivity contribution in [2.75, 3.05) is 25.6 Å². The Kier molecular flexibility index (Phi) is 5.95. The first-order valence-corrected chi connectivity index (χ1v) is 12.2. The van der Waals surface area contributed by atoms with Crippen LogP contribution in [-0.2, 0) is 9.59 Å². The lowest BCUT2D eigenvalue weighted by molar-refractivity contribution is -0.148. The quantitative estimate of drug-likeness (QED) is 0.505. The molecule has 3 saturated heterocycles. The number of phenols is 1. The van der Waals surface area contributed by atoms with E-state index in [9.17, 15) is 14.7 Å². The third-order valence-electron chi connectivity index (χ3n) is 5.60. The van der Waals surface area contributed by atoms with Crippen LogP contribution in [0.2, 0.25) is 0 Å². The Morgan fingerprint density at radius 1 is 1.37 bits per heavy atom. The van der Waals surface area contributed by atoms with E-state index in [2.05, 4.69) is 29.0 Å². The molecule has 3 aliphatic heterocycles. The Morgan fingerprint density at radius 3 is 2.73 bits per heavy atom. The van der Waals surface area contributed by atoms with E-state index in [0.717, 1.165) is 16.4 Å². The van der Waals surface area contributed by atoms with Crippen molar-refractivity contribution in [1.82, 2.24) is 20.0 Å². The van der Waals surface area contributed by atoms with Crippen molar-refractivity contribution in [2.45, 2.75) is 43.0 Å². The van der Waals surface area contributed by atoms with E-state index in [1.807, 2.05) is 11.8 Å². The summed E-state index contributed by atoms with van der Waals surface area (Å²) in [6, 6.07) is 5.62. The highest BCUT2D eigenvalue weighted by atomic mass is 32.2. The summed E-state index contributed by atoms with van der Waals surface area (Å²) in [5, 5.41) is 12.7. The van der Waals surface area contributed by atoms with Gasteiger partial charge in [-0.05, 0) is 38.5 Å². The lowest BCUT2D eigenvalue weighted by atomic mass is 10.0. The molecule has 3 unspecified atom stereocenters. The molecule has 0 aliphatic carbocycles. The normalized spacial score (nSPS) is 26.9. The molecule has 0 saturated carbocycles. The Morgan fingerprint density at radius 2 is 2.07 bits per heavy atom. The third kappa shape index (κ3) is 4.02. The highest BCUT2D eigenvalue weighted by Gasteiger charge is 2.56. The Bertz CT molecular complexity index is 863. The second-order valence-corrected chi connectivity index (χ2v) is 11.7. The minimum Gasteiger partial charge on any atom is -0.508 e. The molecule has 0 bridgehead atoms. The van der Waals surface area contributed by atoms with Crippen LogP contribution in [0.3, 0.4) is 0 Å². The fourth-order valence-corrected chi connectivity index (χ4v) is 6.80. The SMILES string of the molecule is CCN1CN(C(C(=O)NC2C(=O)N3CC(C)(C)SC23)c2ccc(O)cc2)CSC1=S. The number of carbonyl (C=O) groups excluding carboxylic acids is 2. The number of benzene rings is 1. The summed E-state index contributed by atoms with van der Waals surface area (Å²) in [6.45, 7) is 8.28. The molecule has 3 aliphatic rings. The van der Waals surface area contributed by atoms with Crippen LogP contribution in [0.1, 0.15) is 32.4 Å². The first-order valence-electron chi connectivity index (χ1n) is 9.93. The van der Waals surface area contributed by atoms with Crippen LogP contribution in [0.15, 0.2) is 24.3 Å². The molecule has 1 aromatic carbocycles. The minimum atomic E-state index is -0.573. The average molecular weight is 467 g/mol. The smallest absolute Gasteiger partial charge is 0.249 e. The van der Waals surface area contributed by atoms with Crippen molar-refractivity contribution < 1.29 is 14.7 Å². The maximum absolute atomic E-state index is 13.4. The van der Waals surface area contributed by atoms with Gasteiger partial charge in [0.15, 0.2) is 0 Å². The molecular formula is C20H26N4O3S3. The number of nitrogens with zero attached hydrogens (tertiary/aromatic N) is 3. The van der Waals surface area contributed by atoms with Crippen molar-refractivity contribution in [2.24, 2.45) is 0 Å². The number of thioether (sulfide) groups is 2. The van der Waals surface area contributed by atoms with E-state index in [4.69, 9.17) is 12.2 Å². The van der Waals surface area contributed by atoms with Gasteiger partial charge in [0.2, 0.25) is 11.8 Å². The van der Waals surface area contributed by atoms with E-state index in [0.29, 0.717) is 19.1 Å². The molecule has 7 nitrogen and oxygen atoms in total. The van der Waals surface area contributed by atoms with Crippen LogP contribution in [-0.4, -0.2) is 77.7 Å². The summed E-state index contributed by atoms with van der Waals surface area (Å²) in [5.74, 6) is 0.523. The van der Waals surface area contributed by atoms with Gasteiger partial charge in [-0.25, -0.2) is 0 Å². The fraction of sp³-hybridized carbons (Fsp3) is 0.550. The summed E-state index contributed by atoms with van der Waals surface area (Å²) < 4.78 is 0.824. The molecule has 0 aromatic heterocycles. The largest absolute Gasteiger partial charge is 0.508 e. The van der Waals surface area contributed by atoms with Crippen molar-refractivity contribution in [3.63, 3.8) is 0 Å². The number of hydrogen-bond donors (Lipinski definition) is 2. The minimum absolute atomic E-state index is 0.00298. The zero-order chi connectivity index (χ0) is 21.6. The van der Waals surface area contributed by atoms with Crippen molar-refractivity contribution in [3.8, 4) is 5.75 Å². The standard InChI is InChI=1S/C20H26N4O3S3/c1-4-22-10-23(11-29-19(22)28)15(12-5-7-13(25)8-6-12)16(26)21-14-17(27)24-9-20(2,3)30-18(14)24/h5-8,14-15,18,25H,4,9-11H2,1-3H3,(H,21,26). The highest BCUT2D eigenvalue weighted by molar-refractivity contribution is 8.22. The zero-order valence-corrected chi connectivity index (χ0v) is 19.6. The van der Waals surface area contributed by atoms with Gasteiger partial charge in [-0.15, -0.1) is 11.8 Å². The number of nitrogens with one attached hydrogen (secondary N) is 1. The second kappa shape index (κ2) is 8.22. The van der Waals surface area contributed by atoms with E-state index in [1.165, 1.54) is 11.8 Å². The molecule has 10 heteroatoms. The Balaban J connectivity index is 1.55. The summed E-state index contributed by atoms with van der Waals surface area (Å²) in [7, 11) is 0. The number of hydrogen-bond acceptors (Lipinski definition) is 7. The monoisotopic (exact) mass is 466 g/mol. The summed E-state index contributed by atoms with van der Waals surface area (Å²) in [6.07, 6.45) is 0. The molecule has 3 fully saturated rings. The number of rotatable bonds is 5. The zero-order valence-electron chi connectivity index (χ0n) is 17.2. The van der Waals surface area contributed by atoms with E-state index in [1.54, 1.807) is 36.0 Å². The molecule has 162 valence electrons. The van der Waals surface area contributed by atoms with E-state index in [-0.39, 0.29) is 27.7 Å². The van der Waals surface area contributed by atoms with Crippen molar-refractivity contribution in [3.05, 3.63) is 29.8 Å². The maximum Gasteiger partial charge on any atom is 0.249 e. The molecule has 2 amide bonds. The topological polar surface area (TPSA) is 76.1 Å². The number of phenolic OH excluding ortho intramolecular Hbond substituents is 1. The van der Waals surface area contributed by atoms with Crippen LogP contribution < -0.4 is 5.32 Å². The predicted octanol–water partition coefficient (Wildman–Crippen LogP) is 2.18. The van der Waals surface area contributed by atoms with Crippen LogP contribution >= 0.6 is 35.7 Å². The number of thiocarbonyl (C=S) groups is 1. The predicted molar refractivity (Wildman–Crippen MR) is 124 cm³/mol. The number of aromatic hydroxyl groups is 1. The van der Waals surface area contributed by atoms with Crippen molar-refractivity contribution in [1.29, 1.82) is 0 Å². The summed E-state index contributed by atoms with van der Waals surface area (Å²) >= 11 is 8.69. The Labute approximate surface area is 190 Å². The lowest BCUT2D eigenvalue weighted by Crippen LogP contribution is -2.68. The number of β-lactam (4-membered cyclic amide) rings is 1. The molecule has 2 N–H and O–H groups in total. The van der Waals surface area contributed by atoms with Crippen LogP contribution in [0.5, 0.6) is 5.75 Å². The molecule has 1 aromatic rings. The van der Waals surface area contributed by atoms with Gasteiger partial charge in [0.25, 0.3) is 0 Å². The fourth-order valence-electron chi connectivity index (χ4n) is 4.08. The number of fused-ring (bicyclic) bond motifs is 1. The van der Waals surface area contributed by atoms with Crippen LogP contribution in [0, 0.1) is 0 Å². The van der Waals surface area contributed by atoms with Gasteiger partial charge >= 0.3 is 0 Å². The van der Waals surface area contributed by atoms with Crippen molar-refractivity contribution >= 4 is 51.9 Å². The van der Waals surface area contributed by atoms with Gasteiger partial charge in [0, 0.05) is 17.8 Å². The van der Waals surface area contributed by atoms with Gasteiger partial charge < -0.3 is 20.2 Å². The second-order valence-electron chi connectivity index (χ2n) is 8.34. The van der Waals surface area contributed by atoms with Gasteiger partial charge in [0.1, 0.15) is 27.5 Å². The molecule has 0 radical (unpaired) electrons. The molecule has 30 heavy (non-hydrogen) atoms. The van der Waals surface area contributed by atoms with Gasteiger partial charge in [-0.3, -0.25) is 14.5 Å². The molecule has 0 spiro atoms. The molecule has 3 heterocycles. The molecular weight excluding hydrogens is 440 g/mol. The first kappa shape index (κ1) is 21.7. The first-order chi connectivity index (χ1) is 14.2. The Hall–Kier alpha value is -1.49. The number of amides is 2. The van der Waals surface area contributed by atoms with Gasteiger partial charge in [-0.2, -0.15) is 0 Å². The number of carbonyl (C=O) groups is 2. The highest BCUT2D eigenvalue weighted by Crippen LogP contribution is 2.46. The van der Waals surface area contributed by atoms with Crippen LogP contribution in [0.4, 0.5) is 0 Å². The van der Waals surface area contributed by atoms with Gasteiger partial charge in [-0.1, -0.05) is 36.1 Å². The summed E-state index contributed by atoms with van der Waals surface area (Å²) in [5.41, 5.74) is 0.776. The van der Waals surface area contributed by atoms with E-state index >= 15 is 0 Å². The average Bonchev–Trinajstić information content (AvgIpc) is 3.01. The maximum atomic E-state index is 13.4. The third-order valence-corrected chi connectivity index (χ3v) is 8.71. The summed E-state index contributed by atoms with van der Waals surface area (Å²) in [4.78, 5) is 32.0. The van der Waals surface area contributed by atoms with E-state index < -0.39 is 12.1 Å². The van der Waals surface area contributed by atoms with Crippen LogP contribution in [0.25, 0.3) is 0 Å². The van der Waals surface area contributed by atoms with Gasteiger partial charge in [0.05, 0.1) is 12.5 Å². The lowest BCUT2D eigenvalue weighted by Gasteiger charge is -2.44.